The van der Waals surface area contributed by atoms with Crippen LogP contribution in [0.2, 0.25) is 0 Å². The van der Waals surface area contributed by atoms with E-state index in [1.165, 1.54) is 0 Å². The van der Waals surface area contributed by atoms with E-state index in [0.717, 1.165) is 37.8 Å². The van der Waals surface area contributed by atoms with E-state index >= 15 is 0 Å². The Bertz CT molecular complexity index is 1540. The zero-order valence-electron chi connectivity index (χ0n) is 18.8. The van der Waals surface area contributed by atoms with Gasteiger partial charge in [-0.1, -0.05) is 48.6 Å². The van der Waals surface area contributed by atoms with Gasteiger partial charge in [-0.05, 0) is 17.7 Å². The first-order valence-corrected chi connectivity index (χ1v) is 12.5. The van der Waals surface area contributed by atoms with E-state index in [-0.39, 0.29) is 22.8 Å². The number of carbonyl (C=O) groups excluding carboxylic acids is 1. The minimum absolute atomic E-state index is 0.197. The number of para-hydroxylation sites is 2. The molecule has 3 N–H and O–H groups in total. The molecule has 2 aromatic carbocycles. The van der Waals surface area contributed by atoms with Crippen LogP contribution in [0.5, 0.6) is 11.5 Å². The summed E-state index contributed by atoms with van der Waals surface area (Å²) in [4.78, 5) is 20.8. The maximum Gasteiger partial charge on any atom is 0.290 e. The highest BCUT2D eigenvalue weighted by Crippen LogP contribution is 2.44. The third kappa shape index (κ3) is 4.91. The van der Waals surface area contributed by atoms with E-state index < -0.39 is 0 Å². The minimum atomic E-state index is -0.367. The van der Waals surface area contributed by atoms with E-state index in [4.69, 9.17) is 22.7 Å². The number of benzene rings is 2. The lowest BCUT2D eigenvalue weighted by molar-refractivity contribution is -0.117. The molecule has 0 spiro atoms. The van der Waals surface area contributed by atoms with Crippen molar-refractivity contribution in [2.75, 3.05) is 5.32 Å². The van der Waals surface area contributed by atoms with Crippen LogP contribution in [-0.4, -0.2) is 25.4 Å². The molecule has 174 valence electrons. The highest BCUT2D eigenvalue weighted by atomic mass is 32.2. The average molecular weight is 501 g/mol. The molecule has 0 aliphatic rings. The fourth-order valence-electron chi connectivity index (χ4n) is 3.69. The number of aryl methyl sites for hydroxylation is 1. The van der Waals surface area contributed by atoms with E-state index in [0.29, 0.717) is 10.7 Å². The number of hydrogen-bond donors (Lipinski definition) is 2. The summed E-state index contributed by atoms with van der Waals surface area (Å²) in [5.41, 5.74) is 8.58. The number of carbonyl (C=O) groups is 1. The number of pyridine rings is 1. The molecule has 1 atom stereocenters. The van der Waals surface area contributed by atoms with Crippen molar-refractivity contribution in [2.45, 2.75) is 6.42 Å². The first kappa shape index (κ1) is 22.7. The van der Waals surface area contributed by atoms with Crippen molar-refractivity contribution in [1.82, 2.24) is 14.5 Å². The number of fused-ring (bicyclic) bond motifs is 1. The Morgan fingerprint density at radius 2 is 1.89 bits per heavy atom. The number of nitrogens with one attached hydrogen (secondary N) is 1. The van der Waals surface area contributed by atoms with Gasteiger partial charge in [0.15, 0.2) is 11.5 Å². The van der Waals surface area contributed by atoms with Crippen molar-refractivity contribution in [3.8, 4) is 16.5 Å². The number of hydrogen-bond acceptors (Lipinski definition) is 5. The monoisotopic (exact) mass is 500 g/mol. The third-order valence-corrected chi connectivity index (χ3v) is 7.59. The number of thiocarbonyl (C=S) groups is 1. The van der Waals surface area contributed by atoms with Crippen LogP contribution < -0.4 is 15.8 Å². The molecule has 3 heterocycles. The van der Waals surface area contributed by atoms with Gasteiger partial charge in [0.2, 0.25) is 10.6 Å². The number of imidazole rings is 1. The fraction of sp³-hybridized carbons (Fsp3) is 0.0769. The van der Waals surface area contributed by atoms with Gasteiger partial charge in [-0.25, -0.2) is 0 Å². The molecule has 1 amide bonds. The molecule has 0 radical (unpaired) electrons. The van der Waals surface area contributed by atoms with Crippen LogP contribution in [0.15, 0.2) is 84.8 Å². The summed E-state index contributed by atoms with van der Waals surface area (Å²) in [6.45, 7) is 0. The summed E-state index contributed by atoms with van der Waals surface area (Å²) in [5.74, 6) is 1.00. The molecular formula is C26H22N5O2S2+. The fourth-order valence-corrected chi connectivity index (χ4v) is 5.80. The lowest BCUT2D eigenvalue weighted by Crippen LogP contribution is -2.14. The molecule has 0 fully saturated rings. The van der Waals surface area contributed by atoms with Gasteiger partial charge in [-0.2, -0.15) is 4.98 Å². The number of nitrogens with two attached hydrogens (primary N) is 1. The quantitative estimate of drug-likeness (QED) is 0.232. The average Bonchev–Trinajstić information content (AvgIpc) is 3.47. The molecule has 1 unspecified atom stereocenters. The standard InChI is InChI=1S/C26H21N5O2S2/c1-31-15-24(29-16-31)35-13-11-20-25(35)22(10-12-28-20)33-21-5-3-2-4-19(21)30-26(34)18-8-6-17(7-9-18)14-23(27)32/h2-13,15-16H,14H2,1H3,(H2-,27,30,32,34)/p+1. The van der Waals surface area contributed by atoms with Gasteiger partial charge in [-0.15, -0.1) is 0 Å². The van der Waals surface area contributed by atoms with E-state index in [9.17, 15) is 4.79 Å². The van der Waals surface area contributed by atoms with Crippen molar-refractivity contribution in [1.29, 1.82) is 0 Å². The zero-order chi connectivity index (χ0) is 24.4. The van der Waals surface area contributed by atoms with Gasteiger partial charge in [0.05, 0.1) is 18.3 Å². The Balaban J connectivity index is 1.43. The summed E-state index contributed by atoms with van der Waals surface area (Å²) in [6, 6.07) is 19.0. The van der Waals surface area contributed by atoms with Crippen molar-refractivity contribution < 1.29 is 9.53 Å². The Labute approximate surface area is 210 Å². The smallest absolute Gasteiger partial charge is 0.290 e. The van der Waals surface area contributed by atoms with Crippen LogP contribution >= 0.6 is 22.7 Å². The van der Waals surface area contributed by atoms with Gasteiger partial charge >= 0.3 is 0 Å². The largest absolute Gasteiger partial charge is 0.449 e. The number of rotatable bonds is 7. The Kier molecular flexibility index (Phi) is 6.26. The van der Waals surface area contributed by atoms with Gasteiger partial charge in [-0.3, -0.25) is 9.78 Å². The van der Waals surface area contributed by atoms with E-state index in [2.05, 4.69) is 20.7 Å². The lowest BCUT2D eigenvalue weighted by Gasteiger charge is -2.14. The molecule has 35 heavy (non-hydrogen) atoms. The second-order valence-corrected chi connectivity index (χ2v) is 10.1. The SMILES string of the molecule is Cn1cnc(-[s+]2ccc3nccc(Oc4ccccc4NC(=S)c4ccc(CC(N)=O)cc4)c32)c1. The van der Waals surface area contributed by atoms with Crippen molar-refractivity contribution in [2.24, 2.45) is 12.8 Å². The van der Waals surface area contributed by atoms with E-state index in [1.54, 1.807) is 12.5 Å². The summed E-state index contributed by atoms with van der Waals surface area (Å²) < 4.78 is 9.37. The molecule has 0 bridgehead atoms. The van der Waals surface area contributed by atoms with Gasteiger partial charge in [0.25, 0.3) is 5.03 Å². The molecule has 0 aliphatic heterocycles. The molecule has 3 aromatic heterocycles. The predicted octanol–water partition coefficient (Wildman–Crippen LogP) is 5.31. The summed E-state index contributed by atoms with van der Waals surface area (Å²) >= 11 is 5.63. The maximum atomic E-state index is 11.1. The molecule has 7 nitrogen and oxygen atoms in total. The highest BCUT2D eigenvalue weighted by molar-refractivity contribution is 7.81. The molecule has 5 aromatic rings. The molecule has 9 heteroatoms. The number of aromatic nitrogens is 3. The van der Waals surface area contributed by atoms with Crippen molar-refractivity contribution in [3.05, 3.63) is 95.9 Å². The van der Waals surface area contributed by atoms with Crippen LogP contribution in [0.3, 0.4) is 0 Å². The normalized spacial score (nSPS) is 11.4. The molecule has 0 saturated carbocycles. The molecule has 0 aliphatic carbocycles. The highest BCUT2D eigenvalue weighted by Gasteiger charge is 2.24. The second-order valence-electron chi connectivity index (χ2n) is 7.93. The number of anilines is 1. The first-order valence-electron chi connectivity index (χ1n) is 10.8. The number of amides is 1. The van der Waals surface area contributed by atoms with Crippen LogP contribution in [-0.2, 0) is 18.3 Å². The van der Waals surface area contributed by atoms with Crippen molar-refractivity contribution in [3.63, 3.8) is 0 Å². The van der Waals surface area contributed by atoms with Gasteiger partial charge in [0, 0.05) is 41.4 Å². The number of primary amides is 1. The number of thiophene rings is 1. The Morgan fingerprint density at radius 3 is 2.63 bits per heavy atom. The first-order chi connectivity index (χ1) is 17.0. The van der Waals surface area contributed by atoms with Crippen molar-refractivity contribution >= 4 is 49.5 Å². The zero-order valence-corrected chi connectivity index (χ0v) is 20.5. The van der Waals surface area contributed by atoms with Crippen LogP contribution in [0.1, 0.15) is 11.1 Å². The predicted molar refractivity (Wildman–Crippen MR) is 144 cm³/mol. The Morgan fingerprint density at radius 1 is 1.09 bits per heavy atom. The topological polar surface area (TPSA) is 95.1 Å². The minimum Gasteiger partial charge on any atom is -0.449 e. The Hall–Kier alpha value is -4.08. The summed E-state index contributed by atoms with van der Waals surface area (Å²) in [6.07, 6.45) is 5.76. The van der Waals surface area contributed by atoms with Gasteiger partial charge < -0.3 is 20.4 Å². The number of ether oxygens (including phenoxy) is 1. The van der Waals surface area contributed by atoms with E-state index in [1.807, 2.05) is 78.5 Å². The molecule has 5 rings (SSSR count). The summed E-state index contributed by atoms with van der Waals surface area (Å²) in [7, 11) is 1.59. The van der Waals surface area contributed by atoms with Gasteiger partial charge in [0.1, 0.15) is 22.2 Å². The second kappa shape index (κ2) is 9.65. The lowest BCUT2D eigenvalue weighted by atomic mass is 10.1. The molecular weight excluding hydrogens is 478 g/mol. The van der Waals surface area contributed by atoms with Crippen LogP contribution in [0.4, 0.5) is 5.69 Å². The van der Waals surface area contributed by atoms with Crippen LogP contribution in [0.25, 0.3) is 15.2 Å². The molecule has 0 saturated heterocycles. The maximum absolute atomic E-state index is 11.1. The summed E-state index contributed by atoms with van der Waals surface area (Å²) in [5, 5.41) is 6.38. The van der Waals surface area contributed by atoms with Crippen LogP contribution in [0, 0.1) is 0 Å². The number of nitrogens with zero attached hydrogens (tertiary/aromatic N) is 3. The third-order valence-electron chi connectivity index (χ3n) is 5.33.